The zero-order valence-electron chi connectivity index (χ0n) is 8.17. The van der Waals surface area contributed by atoms with Crippen molar-refractivity contribution in [3.05, 3.63) is 11.0 Å². The van der Waals surface area contributed by atoms with Gasteiger partial charge in [-0.2, -0.15) is 4.98 Å². The fourth-order valence-electron chi connectivity index (χ4n) is 0.954. The zero-order valence-corrected chi connectivity index (χ0v) is 8.93. The van der Waals surface area contributed by atoms with Crippen molar-refractivity contribution < 1.29 is 4.74 Å². The number of hydrogen-bond acceptors (Lipinski definition) is 5. The van der Waals surface area contributed by atoms with Crippen LogP contribution in [0.2, 0.25) is 5.28 Å². The van der Waals surface area contributed by atoms with Crippen LogP contribution in [-0.4, -0.2) is 30.2 Å². The molecule has 0 spiro atoms. The summed E-state index contributed by atoms with van der Waals surface area (Å²) in [7, 11) is 1.63. The molecule has 1 aromatic heterocycles. The highest BCUT2D eigenvalue weighted by Gasteiger charge is 2.06. The molecule has 0 fully saturated rings. The van der Waals surface area contributed by atoms with Crippen LogP contribution in [0.5, 0.6) is 0 Å². The SMILES string of the molecule is COCCNc1nc(Cl)nc(C)c1N. The van der Waals surface area contributed by atoms with E-state index >= 15 is 0 Å². The third-order valence-corrected chi connectivity index (χ3v) is 1.88. The van der Waals surface area contributed by atoms with Gasteiger partial charge >= 0.3 is 0 Å². The molecular weight excluding hydrogens is 204 g/mol. The number of rotatable bonds is 4. The first kappa shape index (κ1) is 11.0. The maximum absolute atomic E-state index is 5.75. The van der Waals surface area contributed by atoms with Gasteiger partial charge in [0.1, 0.15) is 0 Å². The second-order valence-corrected chi connectivity index (χ2v) is 3.10. The van der Waals surface area contributed by atoms with Crippen LogP contribution in [0, 0.1) is 6.92 Å². The summed E-state index contributed by atoms with van der Waals surface area (Å²) in [4.78, 5) is 7.89. The smallest absolute Gasteiger partial charge is 0.224 e. The predicted molar refractivity (Wildman–Crippen MR) is 56.6 cm³/mol. The van der Waals surface area contributed by atoms with E-state index in [2.05, 4.69) is 15.3 Å². The van der Waals surface area contributed by atoms with Crippen molar-refractivity contribution in [2.75, 3.05) is 31.3 Å². The topological polar surface area (TPSA) is 73.1 Å². The van der Waals surface area contributed by atoms with Gasteiger partial charge in [0.2, 0.25) is 5.28 Å². The molecule has 6 heteroatoms. The Bertz CT molecular complexity index is 318. The van der Waals surface area contributed by atoms with E-state index in [4.69, 9.17) is 22.1 Å². The molecule has 14 heavy (non-hydrogen) atoms. The van der Waals surface area contributed by atoms with E-state index in [0.29, 0.717) is 30.4 Å². The standard InChI is InChI=1S/C8H13ClN4O/c1-5-6(10)7(11-3-4-14-2)13-8(9)12-5/h3-4,10H2,1-2H3,(H,11,12,13). The highest BCUT2D eigenvalue weighted by molar-refractivity contribution is 6.28. The van der Waals surface area contributed by atoms with E-state index in [1.54, 1.807) is 14.0 Å². The predicted octanol–water partition coefficient (Wildman–Crippen LogP) is 1.08. The van der Waals surface area contributed by atoms with E-state index < -0.39 is 0 Å². The van der Waals surface area contributed by atoms with E-state index in [-0.39, 0.29) is 5.28 Å². The van der Waals surface area contributed by atoms with Crippen molar-refractivity contribution in [2.24, 2.45) is 0 Å². The third kappa shape index (κ3) is 2.71. The summed E-state index contributed by atoms with van der Waals surface area (Å²) >= 11 is 5.69. The molecule has 0 unspecified atom stereocenters. The minimum Gasteiger partial charge on any atom is -0.394 e. The van der Waals surface area contributed by atoms with Crippen LogP contribution in [0.4, 0.5) is 11.5 Å². The highest BCUT2D eigenvalue weighted by Crippen LogP contribution is 2.19. The summed E-state index contributed by atoms with van der Waals surface area (Å²) in [5.74, 6) is 0.555. The minimum absolute atomic E-state index is 0.191. The molecule has 0 aliphatic heterocycles. The van der Waals surface area contributed by atoms with Crippen LogP contribution in [0.1, 0.15) is 5.69 Å². The maximum atomic E-state index is 5.75. The first-order chi connectivity index (χ1) is 6.65. The second kappa shape index (κ2) is 4.97. The van der Waals surface area contributed by atoms with Crippen LogP contribution in [-0.2, 0) is 4.74 Å². The molecule has 0 aliphatic carbocycles. The lowest BCUT2D eigenvalue weighted by Crippen LogP contribution is -2.12. The van der Waals surface area contributed by atoms with Gasteiger partial charge in [-0.3, -0.25) is 0 Å². The summed E-state index contributed by atoms with van der Waals surface area (Å²) in [6.45, 7) is 3.00. The number of hydrogen-bond donors (Lipinski definition) is 2. The molecule has 0 bridgehead atoms. The van der Waals surface area contributed by atoms with Crippen LogP contribution in [0.15, 0.2) is 0 Å². The third-order valence-electron chi connectivity index (χ3n) is 1.71. The van der Waals surface area contributed by atoms with Crippen molar-refractivity contribution in [2.45, 2.75) is 6.92 Å². The molecule has 3 N–H and O–H groups in total. The van der Waals surface area contributed by atoms with Gasteiger partial charge in [-0.25, -0.2) is 4.98 Å². The Balaban J connectivity index is 2.75. The molecule has 0 radical (unpaired) electrons. The number of ether oxygens (including phenoxy) is 1. The second-order valence-electron chi connectivity index (χ2n) is 2.76. The fourth-order valence-corrected chi connectivity index (χ4v) is 1.16. The molecule has 1 aromatic rings. The lowest BCUT2D eigenvalue weighted by atomic mass is 10.3. The zero-order chi connectivity index (χ0) is 10.6. The Morgan fingerprint density at radius 1 is 1.50 bits per heavy atom. The molecule has 0 amide bonds. The van der Waals surface area contributed by atoms with Crippen LogP contribution in [0.3, 0.4) is 0 Å². The van der Waals surface area contributed by atoms with E-state index in [1.165, 1.54) is 0 Å². The number of aromatic nitrogens is 2. The molecule has 1 heterocycles. The van der Waals surface area contributed by atoms with E-state index in [1.807, 2.05) is 0 Å². The number of anilines is 2. The average Bonchev–Trinajstić information content (AvgIpc) is 2.13. The van der Waals surface area contributed by atoms with Crippen LogP contribution in [0.25, 0.3) is 0 Å². The molecule has 0 saturated heterocycles. The maximum Gasteiger partial charge on any atom is 0.224 e. The quantitative estimate of drug-likeness (QED) is 0.582. The highest BCUT2D eigenvalue weighted by atomic mass is 35.5. The Morgan fingerprint density at radius 3 is 2.86 bits per heavy atom. The van der Waals surface area contributed by atoms with Gasteiger partial charge in [-0.05, 0) is 18.5 Å². The number of nitrogen functional groups attached to an aromatic ring is 1. The van der Waals surface area contributed by atoms with Gasteiger partial charge in [-0.1, -0.05) is 0 Å². The van der Waals surface area contributed by atoms with Gasteiger partial charge in [0.25, 0.3) is 0 Å². The number of nitrogens with two attached hydrogens (primary N) is 1. The Morgan fingerprint density at radius 2 is 2.21 bits per heavy atom. The van der Waals surface area contributed by atoms with Crippen LogP contribution < -0.4 is 11.1 Å². The molecule has 0 saturated carbocycles. The van der Waals surface area contributed by atoms with Crippen molar-refractivity contribution in [3.8, 4) is 0 Å². The number of nitrogens with zero attached hydrogens (tertiary/aromatic N) is 2. The first-order valence-corrected chi connectivity index (χ1v) is 4.55. The molecule has 0 aliphatic rings. The number of aryl methyl sites for hydroxylation is 1. The first-order valence-electron chi connectivity index (χ1n) is 4.17. The largest absolute Gasteiger partial charge is 0.394 e. The van der Waals surface area contributed by atoms with Gasteiger partial charge in [0, 0.05) is 13.7 Å². The minimum atomic E-state index is 0.191. The summed E-state index contributed by atoms with van der Waals surface area (Å²) in [6, 6.07) is 0. The van der Waals surface area contributed by atoms with Crippen molar-refractivity contribution in [3.63, 3.8) is 0 Å². The number of nitrogens with one attached hydrogen (secondary N) is 1. The molecule has 1 rings (SSSR count). The molecule has 0 aromatic carbocycles. The van der Waals surface area contributed by atoms with Crippen molar-refractivity contribution in [1.29, 1.82) is 0 Å². The summed E-state index contributed by atoms with van der Waals surface area (Å²) < 4.78 is 4.88. The lowest BCUT2D eigenvalue weighted by Gasteiger charge is -2.09. The molecule has 5 nitrogen and oxygen atoms in total. The molecule has 0 atom stereocenters. The Hall–Kier alpha value is -1.07. The van der Waals surface area contributed by atoms with Gasteiger partial charge in [0.05, 0.1) is 18.0 Å². The summed E-state index contributed by atoms with van der Waals surface area (Å²) in [5.41, 5.74) is 6.94. The summed E-state index contributed by atoms with van der Waals surface area (Å²) in [6.07, 6.45) is 0. The van der Waals surface area contributed by atoms with Gasteiger partial charge < -0.3 is 15.8 Å². The lowest BCUT2D eigenvalue weighted by molar-refractivity contribution is 0.210. The normalized spacial score (nSPS) is 10.2. The van der Waals surface area contributed by atoms with Crippen molar-refractivity contribution in [1.82, 2.24) is 9.97 Å². The molecular formula is C8H13ClN4O. The average molecular weight is 217 g/mol. The molecule has 78 valence electrons. The summed E-state index contributed by atoms with van der Waals surface area (Å²) in [5, 5.41) is 3.20. The Labute approximate surface area is 87.6 Å². The number of methoxy groups -OCH3 is 1. The van der Waals surface area contributed by atoms with Gasteiger partial charge in [-0.15, -0.1) is 0 Å². The van der Waals surface area contributed by atoms with E-state index in [0.717, 1.165) is 0 Å². The fraction of sp³-hybridized carbons (Fsp3) is 0.500. The van der Waals surface area contributed by atoms with Crippen molar-refractivity contribution >= 4 is 23.1 Å². The van der Waals surface area contributed by atoms with Gasteiger partial charge in [0.15, 0.2) is 5.82 Å². The number of halogens is 1. The van der Waals surface area contributed by atoms with Crippen LogP contribution >= 0.6 is 11.6 Å². The van der Waals surface area contributed by atoms with E-state index in [9.17, 15) is 0 Å². The Kier molecular flexibility index (Phi) is 3.91. The monoisotopic (exact) mass is 216 g/mol.